The molecule has 0 amide bonds. The standard InChI is InChI=1S/C17H18FN5O/c18-14-3-2-12-10-13(14)15-11-21-16-4-5-17(22-23(15)16)24-9-1-6-19-7-8-20-12/h2-5,10-11,19-20H,1,6-9H2. The van der Waals surface area contributed by atoms with E-state index in [1.54, 1.807) is 28.9 Å². The Hall–Kier alpha value is -2.67. The van der Waals surface area contributed by atoms with Crippen LogP contribution >= 0.6 is 0 Å². The molecule has 2 N–H and O–H groups in total. The minimum absolute atomic E-state index is 0.307. The van der Waals surface area contributed by atoms with Crippen LogP contribution in [0.2, 0.25) is 0 Å². The zero-order chi connectivity index (χ0) is 16.4. The maximum atomic E-state index is 14.4. The van der Waals surface area contributed by atoms with Crippen LogP contribution in [0.1, 0.15) is 6.42 Å². The zero-order valence-corrected chi connectivity index (χ0v) is 13.1. The molecule has 4 rings (SSSR count). The van der Waals surface area contributed by atoms with E-state index in [1.165, 1.54) is 6.07 Å². The fourth-order valence-electron chi connectivity index (χ4n) is 2.74. The average molecular weight is 327 g/mol. The van der Waals surface area contributed by atoms with Crippen LogP contribution in [0.25, 0.3) is 16.9 Å². The molecular weight excluding hydrogens is 309 g/mol. The van der Waals surface area contributed by atoms with Gasteiger partial charge in [-0.15, -0.1) is 5.10 Å². The third kappa shape index (κ3) is 2.90. The van der Waals surface area contributed by atoms with Crippen molar-refractivity contribution in [2.75, 3.05) is 31.6 Å². The van der Waals surface area contributed by atoms with Gasteiger partial charge in [0.05, 0.1) is 18.5 Å². The van der Waals surface area contributed by atoms with Crippen LogP contribution < -0.4 is 15.4 Å². The zero-order valence-electron chi connectivity index (χ0n) is 13.1. The Morgan fingerprint density at radius 2 is 2.08 bits per heavy atom. The predicted molar refractivity (Wildman–Crippen MR) is 89.9 cm³/mol. The van der Waals surface area contributed by atoms with E-state index >= 15 is 0 Å². The molecule has 2 aromatic heterocycles. The molecule has 7 heteroatoms. The molecule has 3 aromatic rings. The minimum atomic E-state index is -0.307. The molecule has 1 aromatic carbocycles. The minimum Gasteiger partial charge on any atom is -0.477 e. The van der Waals surface area contributed by atoms with Crippen molar-refractivity contribution in [2.24, 2.45) is 0 Å². The topological polar surface area (TPSA) is 63.5 Å². The molecule has 0 atom stereocenters. The number of imidazole rings is 1. The summed E-state index contributed by atoms with van der Waals surface area (Å²) in [5.74, 6) is 0.198. The van der Waals surface area contributed by atoms with Crippen molar-refractivity contribution in [1.82, 2.24) is 19.9 Å². The number of fused-ring (bicyclic) bond motifs is 4. The molecule has 0 saturated heterocycles. The Labute approximate surface area is 138 Å². The van der Waals surface area contributed by atoms with Crippen LogP contribution in [0.3, 0.4) is 0 Å². The van der Waals surface area contributed by atoms with E-state index in [4.69, 9.17) is 4.74 Å². The van der Waals surface area contributed by atoms with Gasteiger partial charge in [-0.05, 0) is 37.2 Å². The molecule has 4 bridgehead atoms. The second kappa shape index (κ2) is 6.45. The number of hydrogen-bond acceptors (Lipinski definition) is 5. The maximum absolute atomic E-state index is 14.4. The van der Waals surface area contributed by atoms with Gasteiger partial charge in [0.25, 0.3) is 0 Å². The second-order valence-corrected chi connectivity index (χ2v) is 5.66. The predicted octanol–water partition coefficient (Wildman–Crippen LogP) is 2.32. The Kier molecular flexibility index (Phi) is 4.00. The molecule has 24 heavy (non-hydrogen) atoms. The highest BCUT2D eigenvalue weighted by molar-refractivity contribution is 5.68. The summed E-state index contributed by atoms with van der Waals surface area (Å²) in [5, 5.41) is 11.1. The average Bonchev–Trinajstić information content (AvgIpc) is 3.01. The monoisotopic (exact) mass is 327 g/mol. The number of rotatable bonds is 0. The van der Waals surface area contributed by atoms with E-state index in [9.17, 15) is 4.39 Å². The van der Waals surface area contributed by atoms with Crippen molar-refractivity contribution >= 4 is 11.3 Å². The number of aromatic nitrogens is 3. The van der Waals surface area contributed by atoms with Crippen molar-refractivity contribution in [3.63, 3.8) is 0 Å². The van der Waals surface area contributed by atoms with Crippen LogP contribution in [0, 0.1) is 5.82 Å². The molecule has 124 valence electrons. The smallest absolute Gasteiger partial charge is 0.231 e. The number of hydrogen-bond donors (Lipinski definition) is 2. The van der Waals surface area contributed by atoms with Gasteiger partial charge in [0.15, 0.2) is 5.65 Å². The summed E-state index contributed by atoms with van der Waals surface area (Å²) in [7, 11) is 0. The first-order chi connectivity index (χ1) is 11.8. The quantitative estimate of drug-likeness (QED) is 0.663. The van der Waals surface area contributed by atoms with Gasteiger partial charge >= 0.3 is 0 Å². The van der Waals surface area contributed by atoms with Crippen LogP contribution in [0.4, 0.5) is 10.1 Å². The van der Waals surface area contributed by atoms with E-state index in [0.717, 1.165) is 31.7 Å². The molecule has 3 heterocycles. The first-order valence-corrected chi connectivity index (χ1v) is 8.03. The number of anilines is 1. The number of nitrogens with zero attached hydrogens (tertiary/aromatic N) is 3. The van der Waals surface area contributed by atoms with Gasteiger partial charge in [0, 0.05) is 30.4 Å². The fourth-order valence-corrected chi connectivity index (χ4v) is 2.74. The summed E-state index contributed by atoms with van der Waals surface area (Å²) in [6.07, 6.45) is 2.52. The van der Waals surface area contributed by atoms with Gasteiger partial charge in [0.2, 0.25) is 5.88 Å². The first kappa shape index (κ1) is 14.9. The molecule has 1 aliphatic heterocycles. The molecule has 6 nitrogen and oxygen atoms in total. The lowest BCUT2D eigenvalue weighted by molar-refractivity contribution is 0.293. The molecular formula is C17H18FN5O. The molecule has 0 fully saturated rings. The van der Waals surface area contributed by atoms with Crippen molar-refractivity contribution < 1.29 is 9.13 Å². The molecule has 0 saturated carbocycles. The number of halogens is 1. The van der Waals surface area contributed by atoms with Gasteiger partial charge in [-0.25, -0.2) is 13.9 Å². The Morgan fingerprint density at radius 1 is 1.12 bits per heavy atom. The van der Waals surface area contributed by atoms with E-state index in [2.05, 4.69) is 20.7 Å². The molecule has 1 aliphatic rings. The lowest BCUT2D eigenvalue weighted by Gasteiger charge is -2.09. The Balaban J connectivity index is 1.82. The van der Waals surface area contributed by atoms with Crippen LogP contribution in [0.15, 0.2) is 36.5 Å². The summed E-state index contributed by atoms with van der Waals surface area (Å²) in [5.41, 5.74) is 2.58. The number of benzene rings is 1. The molecule has 0 unspecified atom stereocenters. The Morgan fingerprint density at radius 3 is 3.04 bits per heavy atom. The highest BCUT2D eigenvalue weighted by Crippen LogP contribution is 2.27. The lowest BCUT2D eigenvalue weighted by Crippen LogP contribution is -2.24. The summed E-state index contributed by atoms with van der Waals surface area (Å²) in [6.45, 7) is 3.04. The van der Waals surface area contributed by atoms with Crippen molar-refractivity contribution in [1.29, 1.82) is 0 Å². The van der Waals surface area contributed by atoms with Gasteiger partial charge in [-0.2, -0.15) is 0 Å². The van der Waals surface area contributed by atoms with Crippen LogP contribution in [0.5, 0.6) is 5.88 Å². The summed E-state index contributed by atoms with van der Waals surface area (Å²) >= 11 is 0. The lowest BCUT2D eigenvalue weighted by atomic mass is 10.1. The van der Waals surface area contributed by atoms with Gasteiger partial charge in [-0.3, -0.25) is 0 Å². The summed E-state index contributed by atoms with van der Waals surface area (Å²) in [6, 6.07) is 8.59. The third-order valence-electron chi connectivity index (χ3n) is 3.96. The van der Waals surface area contributed by atoms with Crippen LogP contribution in [-0.2, 0) is 0 Å². The van der Waals surface area contributed by atoms with Gasteiger partial charge in [0.1, 0.15) is 5.82 Å². The normalized spacial score (nSPS) is 15.4. The second-order valence-electron chi connectivity index (χ2n) is 5.66. The largest absolute Gasteiger partial charge is 0.477 e. The molecule has 0 radical (unpaired) electrons. The van der Waals surface area contributed by atoms with Gasteiger partial charge in [-0.1, -0.05) is 0 Å². The van der Waals surface area contributed by atoms with Gasteiger partial charge < -0.3 is 15.4 Å². The highest BCUT2D eigenvalue weighted by Gasteiger charge is 2.13. The van der Waals surface area contributed by atoms with Crippen molar-refractivity contribution in [2.45, 2.75) is 6.42 Å². The van der Waals surface area contributed by atoms with E-state index < -0.39 is 0 Å². The molecule has 0 spiro atoms. The van der Waals surface area contributed by atoms with E-state index in [-0.39, 0.29) is 5.82 Å². The SMILES string of the molecule is Fc1ccc2cc1-c1cnc3ccc(nn13)OCCCNCCN2. The highest BCUT2D eigenvalue weighted by atomic mass is 19.1. The fraction of sp³-hybridized carbons (Fsp3) is 0.294. The first-order valence-electron chi connectivity index (χ1n) is 8.03. The van der Waals surface area contributed by atoms with E-state index in [0.29, 0.717) is 29.4 Å². The third-order valence-corrected chi connectivity index (χ3v) is 3.96. The number of nitrogens with one attached hydrogen (secondary N) is 2. The van der Waals surface area contributed by atoms with Crippen LogP contribution in [-0.4, -0.2) is 40.8 Å². The van der Waals surface area contributed by atoms with Crippen molar-refractivity contribution in [3.8, 4) is 17.1 Å². The summed E-state index contributed by atoms with van der Waals surface area (Å²) in [4.78, 5) is 4.31. The molecule has 0 aliphatic carbocycles. The van der Waals surface area contributed by atoms with Crippen molar-refractivity contribution in [3.05, 3.63) is 42.3 Å². The number of ether oxygens (including phenoxy) is 1. The Bertz CT molecular complexity index is 863. The maximum Gasteiger partial charge on any atom is 0.231 e. The summed E-state index contributed by atoms with van der Waals surface area (Å²) < 4.78 is 21.7. The van der Waals surface area contributed by atoms with E-state index in [1.807, 2.05) is 6.07 Å².